The van der Waals surface area contributed by atoms with Crippen LogP contribution < -0.4 is 4.74 Å². The van der Waals surface area contributed by atoms with Gasteiger partial charge in [0.05, 0.1) is 24.2 Å². The molecule has 1 heterocycles. The number of fused-ring (bicyclic) bond motifs is 1. The molecule has 2 aromatic carbocycles. The number of para-hydroxylation sites is 2. The molecule has 0 aliphatic rings. The summed E-state index contributed by atoms with van der Waals surface area (Å²) in [5.74, 6) is 1.88. The maximum absolute atomic E-state index is 11.6. The molecule has 0 spiro atoms. The number of aryl methyl sites for hydroxylation is 2. The van der Waals surface area contributed by atoms with Crippen molar-refractivity contribution in [3.63, 3.8) is 0 Å². The average Bonchev–Trinajstić information content (AvgIpc) is 2.99. The SMILES string of the molecule is CC(=O)N(C)Cc1nc2ccccc2n1CCCOc1cccc(C)c1C. The van der Waals surface area contributed by atoms with Gasteiger partial charge in [0.2, 0.25) is 5.91 Å². The summed E-state index contributed by atoms with van der Waals surface area (Å²) in [6, 6.07) is 14.2. The maximum atomic E-state index is 11.6. The number of nitrogens with zero attached hydrogens (tertiary/aromatic N) is 3. The quantitative estimate of drug-likeness (QED) is 0.592. The van der Waals surface area contributed by atoms with E-state index in [0.29, 0.717) is 13.2 Å². The molecule has 5 heteroatoms. The van der Waals surface area contributed by atoms with Crippen molar-refractivity contribution in [2.24, 2.45) is 0 Å². The van der Waals surface area contributed by atoms with Gasteiger partial charge >= 0.3 is 0 Å². The minimum Gasteiger partial charge on any atom is -0.493 e. The molecule has 0 aliphatic heterocycles. The van der Waals surface area contributed by atoms with Gasteiger partial charge in [0.1, 0.15) is 11.6 Å². The smallest absolute Gasteiger partial charge is 0.219 e. The first kappa shape index (κ1) is 19.0. The minimum absolute atomic E-state index is 0.0341. The van der Waals surface area contributed by atoms with Crippen LogP contribution in [-0.2, 0) is 17.9 Å². The number of rotatable bonds is 7. The van der Waals surface area contributed by atoms with Crippen molar-refractivity contribution < 1.29 is 9.53 Å². The molecule has 0 aliphatic carbocycles. The largest absolute Gasteiger partial charge is 0.493 e. The van der Waals surface area contributed by atoms with Crippen LogP contribution >= 0.6 is 0 Å². The fourth-order valence-corrected chi connectivity index (χ4v) is 3.10. The average molecular weight is 365 g/mol. The van der Waals surface area contributed by atoms with Gasteiger partial charge in [-0.05, 0) is 49.6 Å². The van der Waals surface area contributed by atoms with Crippen LogP contribution in [0, 0.1) is 13.8 Å². The Bertz CT molecular complexity index is 946. The summed E-state index contributed by atoms with van der Waals surface area (Å²) in [6.45, 7) is 7.69. The number of aromatic nitrogens is 2. The molecule has 0 atom stereocenters. The lowest BCUT2D eigenvalue weighted by atomic mass is 10.1. The van der Waals surface area contributed by atoms with E-state index < -0.39 is 0 Å². The van der Waals surface area contributed by atoms with Crippen molar-refractivity contribution in [2.45, 2.75) is 40.3 Å². The number of amides is 1. The lowest BCUT2D eigenvalue weighted by molar-refractivity contribution is -0.128. The van der Waals surface area contributed by atoms with Crippen LogP contribution in [0.2, 0.25) is 0 Å². The second kappa shape index (κ2) is 8.25. The summed E-state index contributed by atoms with van der Waals surface area (Å²) >= 11 is 0. The van der Waals surface area contributed by atoms with Crippen LogP contribution in [0.15, 0.2) is 42.5 Å². The first-order valence-corrected chi connectivity index (χ1v) is 9.32. The zero-order valence-corrected chi connectivity index (χ0v) is 16.5. The van der Waals surface area contributed by atoms with Crippen LogP contribution in [0.1, 0.15) is 30.3 Å². The van der Waals surface area contributed by atoms with E-state index in [4.69, 9.17) is 9.72 Å². The van der Waals surface area contributed by atoms with Gasteiger partial charge in [-0.15, -0.1) is 0 Å². The number of benzene rings is 2. The molecule has 0 saturated carbocycles. The highest BCUT2D eigenvalue weighted by atomic mass is 16.5. The molecule has 0 unspecified atom stereocenters. The Labute approximate surface area is 160 Å². The van der Waals surface area contributed by atoms with E-state index in [0.717, 1.165) is 35.6 Å². The fraction of sp³-hybridized carbons (Fsp3) is 0.364. The predicted octanol–water partition coefficient (Wildman–Crippen LogP) is 4.10. The van der Waals surface area contributed by atoms with Gasteiger partial charge in [-0.3, -0.25) is 4.79 Å². The van der Waals surface area contributed by atoms with Gasteiger partial charge in [0.25, 0.3) is 0 Å². The molecule has 0 bridgehead atoms. The van der Waals surface area contributed by atoms with E-state index in [1.54, 1.807) is 18.9 Å². The molecule has 27 heavy (non-hydrogen) atoms. The highest BCUT2D eigenvalue weighted by Crippen LogP contribution is 2.21. The Morgan fingerprint density at radius 2 is 1.93 bits per heavy atom. The summed E-state index contributed by atoms with van der Waals surface area (Å²) in [5.41, 5.74) is 4.48. The topological polar surface area (TPSA) is 47.4 Å². The minimum atomic E-state index is 0.0341. The van der Waals surface area contributed by atoms with Crippen molar-refractivity contribution in [1.82, 2.24) is 14.5 Å². The zero-order valence-electron chi connectivity index (χ0n) is 16.5. The second-order valence-electron chi connectivity index (χ2n) is 6.94. The van der Waals surface area contributed by atoms with Crippen molar-refractivity contribution in [2.75, 3.05) is 13.7 Å². The van der Waals surface area contributed by atoms with Crippen LogP contribution in [0.25, 0.3) is 11.0 Å². The molecule has 142 valence electrons. The predicted molar refractivity (Wildman–Crippen MR) is 108 cm³/mol. The third kappa shape index (κ3) is 4.30. The van der Waals surface area contributed by atoms with Gasteiger partial charge in [-0.2, -0.15) is 0 Å². The molecular weight excluding hydrogens is 338 g/mol. The van der Waals surface area contributed by atoms with Crippen molar-refractivity contribution in [1.29, 1.82) is 0 Å². The highest BCUT2D eigenvalue weighted by Gasteiger charge is 2.13. The maximum Gasteiger partial charge on any atom is 0.219 e. The molecule has 0 fully saturated rings. The number of hydrogen-bond donors (Lipinski definition) is 0. The van der Waals surface area contributed by atoms with E-state index in [2.05, 4.69) is 30.5 Å². The van der Waals surface area contributed by atoms with Crippen LogP contribution in [-0.4, -0.2) is 34.0 Å². The van der Waals surface area contributed by atoms with E-state index in [9.17, 15) is 4.79 Å². The van der Waals surface area contributed by atoms with Gasteiger partial charge in [-0.1, -0.05) is 24.3 Å². The Hall–Kier alpha value is -2.82. The van der Waals surface area contributed by atoms with Crippen molar-refractivity contribution in [3.8, 4) is 5.75 Å². The molecule has 1 aromatic heterocycles. The van der Waals surface area contributed by atoms with Crippen molar-refractivity contribution in [3.05, 3.63) is 59.4 Å². The number of hydrogen-bond acceptors (Lipinski definition) is 3. The lowest BCUT2D eigenvalue weighted by Crippen LogP contribution is -2.25. The van der Waals surface area contributed by atoms with Gasteiger partial charge in [-0.25, -0.2) is 4.98 Å². The van der Waals surface area contributed by atoms with Gasteiger partial charge in [0, 0.05) is 20.5 Å². The molecule has 0 saturated heterocycles. The van der Waals surface area contributed by atoms with Gasteiger partial charge in [0.15, 0.2) is 0 Å². The summed E-state index contributed by atoms with van der Waals surface area (Å²) in [4.78, 5) is 18.0. The lowest BCUT2D eigenvalue weighted by Gasteiger charge is -2.16. The first-order chi connectivity index (χ1) is 13.0. The monoisotopic (exact) mass is 365 g/mol. The van der Waals surface area contributed by atoms with Crippen LogP contribution in [0.3, 0.4) is 0 Å². The van der Waals surface area contributed by atoms with Crippen molar-refractivity contribution >= 4 is 16.9 Å². The molecule has 3 aromatic rings. The fourth-order valence-electron chi connectivity index (χ4n) is 3.10. The van der Waals surface area contributed by atoms with E-state index in [1.165, 1.54) is 11.1 Å². The molecule has 5 nitrogen and oxygen atoms in total. The molecule has 1 amide bonds. The molecule has 0 N–H and O–H groups in total. The van der Waals surface area contributed by atoms with Crippen LogP contribution in [0.4, 0.5) is 0 Å². The summed E-state index contributed by atoms with van der Waals surface area (Å²) in [7, 11) is 1.80. The number of ether oxygens (including phenoxy) is 1. The Balaban J connectivity index is 1.71. The summed E-state index contributed by atoms with van der Waals surface area (Å²) in [6.07, 6.45) is 0.866. The molecular formula is C22H27N3O2. The van der Waals surface area contributed by atoms with E-state index >= 15 is 0 Å². The van der Waals surface area contributed by atoms with Gasteiger partial charge < -0.3 is 14.2 Å². The third-order valence-corrected chi connectivity index (χ3v) is 4.99. The Morgan fingerprint density at radius 3 is 2.70 bits per heavy atom. The zero-order chi connectivity index (χ0) is 19.4. The Morgan fingerprint density at radius 1 is 1.15 bits per heavy atom. The number of imidazole rings is 1. The molecule has 3 rings (SSSR count). The first-order valence-electron chi connectivity index (χ1n) is 9.32. The third-order valence-electron chi connectivity index (χ3n) is 4.99. The highest BCUT2D eigenvalue weighted by molar-refractivity contribution is 5.76. The number of carbonyl (C=O) groups excluding carboxylic acids is 1. The second-order valence-corrected chi connectivity index (χ2v) is 6.94. The number of carbonyl (C=O) groups is 1. The van der Waals surface area contributed by atoms with Crippen LogP contribution in [0.5, 0.6) is 5.75 Å². The summed E-state index contributed by atoms with van der Waals surface area (Å²) in [5, 5.41) is 0. The van der Waals surface area contributed by atoms with E-state index in [-0.39, 0.29) is 5.91 Å². The standard InChI is InChI=1S/C22H27N3O2/c1-16-9-7-12-21(17(16)2)27-14-8-13-25-20-11-6-5-10-19(20)23-22(25)15-24(4)18(3)26/h5-7,9-12H,8,13-15H2,1-4H3. The van der Waals surface area contributed by atoms with E-state index in [1.807, 2.05) is 30.3 Å². The molecule has 0 radical (unpaired) electrons. The Kier molecular flexibility index (Phi) is 5.79. The summed E-state index contributed by atoms with van der Waals surface area (Å²) < 4.78 is 8.18. The normalized spacial score (nSPS) is 11.0.